The lowest BCUT2D eigenvalue weighted by molar-refractivity contribution is -0.123. The van der Waals surface area contributed by atoms with Crippen LogP contribution in [-0.2, 0) is 28.8 Å². The largest absolute Gasteiger partial charge is 0.355 e. The molecule has 70 heavy (non-hydrogen) atoms. The Morgan fingerprint density at radius 3 is 0.471 bits per heavy atom. The Hall–Kier alpha value is -3.58. The molecule has 0 spiro atoms. The number of likely N-dealkylation sites (N-methyl/N-ethyl adjacent to an activating group) is 6. The highest BCUT2D eigenvalue weighted by Crippen LogP contribution is 2.04. The van der Waals surface area contributed by atoms with Gasteiger partial charge in [0.05, 0.1) is 0 Å². The summed E-state index contributed by atoms with van der Waals surface area (Å²) in [5, 5.41) is 18.1. The van der Waals surface area contributed by atoms with Crippen LogP contribution in [0.25, 0.3) is 0 Å². The van der Waals surface area contributed by atoms with E-state index in [1.165, 1.54) is 0 Å². The van der Waals surface area contributed by atoms with Gasteiger partial charge in [0.25, 0.3) is 0 Å². The van der Waals surface area contributed by atoms with Crippen molar-refractivity contribution in [3.63, 3.8) is 0 Å². The second-order valence-electron chi connectivity index (χ2n) is 19.8. The molecular weight excluding hydrogens is 897 g/mol. The molecular formula is C48H102N16O6. The summed E-state index contributed by atoms with van der Waals surface area (Å²) < 4.78 is 0. The number of rotatable bonds is 45. The van der Waals surface area contributed by atoms with Crippen molar-refractivity contribution in [3.8, 4) is 0 Å². The lowest BCUT2D eigenvalue weighted by atomic mass is 10.2. The molecule has 0 unspecified atom stereocenters. The Morgan fingerprint density at radius 2 is 0.343 bits per heavy atom. The van der Waals surface area contributed by atoms with E-state index in [0.29, 0.717) is 118 Å². The quantitative estimate of drug-likeness (QED) is 0.0352. The number of carbonyl (C=O) groups is 6. The van der Waals surface area contributed by atoms with Gasteiger partial charge in [0.2, 0.25) is 35.4 Å². The molecule has 0 atom stereocenters. The highest BCUT2D eigenvalue weighted by Gasteiger charge is 2.19. The van der Waals surface area contributed by atoms with E-state index in [0.717, 1.165) is 39.3 Å². The van der Waals surface area contributed by atoms with Crippen LogP contribution in [0.3, 0.4) is 0 Å². The van der Waals surface area contributed by atoms with Gasteiger partial charge in [-0.3, -0.25) is 33.7 Å². The molecule has 0 aliphatic rings. The van der Waals surface area contributed by atoms with Gasteiger partial charge in [-0.05, 0) is 84.6 Å². The molecule has 22 nitrogen and oxygen atoms in total. The maximum absolute atomic E-state index is 13.0. The van der Waals surface area contributed by atoms with Crippen LogP contribution in [0.1, 0.15) is 38.5 Å². The van der Waals surface area contributed by atoms with E-state index >= 15 is 0 Å². The average molecular weight is 999 g/mol. The first kappa shape index (κ1) is 66.4. The molecule has 0 bridgehead atoms. The zero-order valence-corrected chi connectivity index (χ0v) is 46.1. The van der Waals surface area contributed by atoms with Crippen molar-refractivity contribution < 1.29 is 28.8 Å². The molecule has 0 aromatic carbocycles. The number of carbonyl (C=O) groups excluding carboxylic acids is 6. The molecule has 0 aliphatic carbocycles. The minimum atomic E-state index is -0.0431. The molecule has 0 fully saturated rings. The number of amides is 6. The van der Waals surface area contributed by atoms with Gasteiger partial charge in [-0.1, -0.05) is 0 Å². The summed E-state index contributed by atoms with van der Waals surface area (Å²) in [7, 11) is 23.6. The van der Waals surface area contributed by atoms with Crippen molar-refractivity contribution in [2.45, 2.75) is 38.5 Å². The van der Waals surface area contributed by atoms with E-state index in [1.807, 2.05) is 114 Å². The lowest BCUT2D eigenvalue weighted by Gasteiger charge is -2.32. The second-order valence-corrected chi connectivity index (χ2v) is 19.8. The standard InChI is InChI=1S/C48H102N16O6/c1-55(2)31-19-49-43(65)13-25-61(26-14-44(66)50-20-32-56(3)4)37-40-64(41-38-62(27-15-45(67)51-21-33-57(5)6)28-16-46(68)52-22-34-58(7)8)42-39-63(29-17-47(69)53-23-35-59(9)10)30-18-48(70)54-24-36-60(11)12/h13-42H2,1-12H3,(H,49,65)(H,50,66)(H,51,67)(H,52,68)(H,53,69)(H,54,70). The van der Waals surface area contributed by atoms with Crippen LogP contribution in [-0.4, -0.2) is 326 Å². The Kier molecular flexibility index (Phi) is 39.8. The van der Waals surface area contributed by atoms with Gasteiger partial charge >= 0.3 is 0 Å². The van der Waals surface area contributed by atoms with E-state index in [-0.39, 0.29) is 74.0 Å². The molecule has 6 N–H and O–H groups in total. The molecule has 0 saturated carbocycles. The van der Waals surface area contributed by atoms with Gasteiger partial charge in [-0.25, -0.2) is 0 Å². The molecule has 0 aromatic heterocycles. The number of nitrogens with zero attached hydrogens (tertiary/aromatic N) is 10. The van der Waals surface area contributed by atoms with Crippen LogP contribution >= 0.6 is 0 Å². The van der Waals surface area contributed by atoms with Gasteiger partial charge in [0.15, 0.2) is 0 Å². The average Bonchev–Trinajstić information content (AvgIpc) is 3.26. The summed E-state index contributed by atoms with van der Waals surface area (Å²) in [4.78, 5) is 98.8. The SMILES string of the molecule is CN(C)CCNC(=O)CCN(CCC(=O)NCCN(C)C)CCN(CCN(CCC(=O)NCCN(C)C)CCC(=O)NCCN(C)C)CCN(CCC(=O)NCCN(C)C)CCC(=O)NCCN(C)C. The molecule has 410 valence electrons. The highest BCUT2D eigenvalue weighted by atomic mass is 16.2. The third-order valence-electron chi connectivity index (χ3n) is 11.4. The Bertz CT molecular complexity index is 1150. The molecule has 0 rings (SSSR count). The van der Waals surface area contributed by atoms with Crippen LogP contribution in [0.5, 0.6) is 0 Å². The van der Waals surface area contributed by atoms with E-state index in [1.54, 1.807) is 0 Å². The maximum Gasteiger partial charge on any atom is 0.221 e. The topological polar surface area (TPSA) is 207 Å². The fourth-order valence-electron chi connectivity index (χ4n) is 6.79. The Labute approximate surface area is 424 Å². The molecule has 0 radical (unpaired) electrons. The number of hydrogen-bond donors (Lipinski definition) is 6. The summed E-state index contributed by atoms with van der Waals surface area (Å²) >= 11 is 0. The molecule has 6 amide bonds. The maximum atomic E-state index is 13.0. The zero-order chi connectivity index (χ0) is 52.7. The van der Waals surface area contributed by atoms with Gasteiger partial charge in [0, 0.05) is 196 Å². The van der Waals surface area contributed by atoms with E-state index < -0.39 is 0 Å². The third kappa shape index (κ3) is 43.2. The minimum absolute atomic E-state index is 0.0431. The Morgan fingerprint density at radius 1 is 0.214 bits per heavy atom. The Balaban J connectivity index is 6.54. The summed E-state index contributed by atoms with van der Waals surface area (Å²) in [5.74, 6) is -0.259. The van der Waals surface area contributed by atoms with Gasteiger partial charge in [-0.15, -0.1) is 0 Å². The fraction of sp³-hybridized carbons (Fsp3) is 0.875. The number of nitrogens with one attached hydrogen (secondary N) is 6. The fourth-order valence-corrected chi connectivity index (χ4v) is 6.79. The molecule has 0 aliphatic heterocycles. The summed E-state index contributed by atoms with van der Waals surface area (Å²) in [6.07, 6.45) is 1.74. The summed E-state index contributed by atoms with van der Waals surface area (Å²) in [6, 6.07) is 0. The molecule has 0 aromatic rings. The van der Waals surface area contributed by atoms with Crippen molar-refractivity contribution in [2.75, 3.05) is 242 Å². The van der Waals surface area contributed by atoms with Crippen molar-refractivity contribution in [1.82, 2.24) is 80.9 Å². The van der Waals surface area contributed by atoms with Crippen molar-refractivity contribution >= 4 is 35.4 Å². The molecule has 0 heterocycles. The van der Waals surface area contributed by atoms with E-state index in [9.17, 15) is 28.8 Å². The zero-order valence-electron chi connectivity index (χ0n) is 46.1. The first-order chi connectivity index (χ1) is 33.1. The monoisotopic (exact) mass is 999 g/mol. The normalized spacial score (nSPS) is 11.9. The van der Waals surface area contributed by atoms with E-state index in [4.69, 9.17) is 0 Å². The summed E-state index contributed by atoms with van der Waals surface area (Å²) in [5.41, 5.74) is 0. The van der Waals surface area contributed by atoms with Gasteiger partial charge in [0.1, 0.15) is 0 Å². The minimum Gasteiger partial charge on any atom is -0.355 e. The highest BCUT2D eigenvalue weighted by molar-refractivity contribution is 5.78. The summed E-state index contributed by atoms with van der Waals surface area (Å²) in [6.45, 7) is 14.1. The molecule has 22 heteroatoms. The third-order valence-corrected chi connectivity index (χ3v) is 11.4. The lowest BCUT2D eigenvalue weighted by Crippen LogP contribution is -2.46. The van der Waals surface area contributed by atoms with Crippen LogP contribution in [0.4, 0.5) is 0 Å². The van der Waals surface area contributed by atoms with Gasteiger partial charge < -0.3 is 76.0 Å². The first-order valence-corrected chi connectivity index (χ1v) is 25.5. The van der Waals surface area contributed by atoms with Gasteiger partial charge in [-0.2, -0.15) is 0 Å². The van der Waals surface area contributed by atoms with Crippen molar-refractivity contribution in [2.24, 2.45) is 0 Å². The van der Waals surface area contributed by atoms with Crippen LogP contribution < -0.4 is 31.9 Å². The predicted octanol–water partition coefficient (Wildman–Crippen LogP) is -3.40. The first-order valence-electron chi connectivity index (χ1n) is 25.5. The smallest absolute Gasteiger partial charge is 0.221 e. The second kappa shape index (κ2) is 42.0. The predicted molar refractivity (Wildman–Crippen MR) is 283 cm³/mol. The number of hydrogen-bond acceptors (Lipinski definition) is 16. The van der Waals surface area contributed by atoms with E-state index in [2.05, 4.69) is 51.5 Å². The van der Waals surface area contributed by atoms with Crippen molar-refractivity contribution in [3.05, 3.63) is 0 Å². The van der Waals surface area contributed by atoms with Crippen LogP contribution in [0.2, 0.25) is 0 Å². The van der Waals surface area contributed by atoms with Crippen molar-refractivity contribution in [1.29, 1.82) is 0 Å². The van der Waals surface area contributed by atoms with Crippen LogP contribution in [0.15, 0.2) is 0 Å². The molecule has 0 saturated heterocycles. The van der Waals surface area contributed by atoms with Crippen LogP contribution in [0, 0.1) is 0 Å².